The number of benzene rings is 1. The van der Waals surface area contributed by atoms with Crippen molar-refractivity contribution in [2.75, 3.05) is 5.32 Å². The van der Waals surface area contributed by atoms with Crippen molar-refractivity contribution in [3.63, 3.8) is 0 Å². The summed E-state index contributed by atoms with van der Waals surface area (Å²) >= 11 is 8.07. The van der Waals surface area contributed by atoms with E-state index in [0.717, 1.165) is 13.8 Å². The van der Waals surface area contributed by atoms with Crippen LogP contribution in [0.25, 0.3) is 0 Å². The number of rotatable bonds is 3. The van der Waals surface area contributed by atoms with Crippen molar-refractivity contribution in [2.24, 2.45) is 5.16 Å². The first-order valence-corrected chi connectivity index (χ1v) is 7.97. The van der Waals surface area contributed by atoms with Gasteiger partial charge in [-0.1, -0.05) is 17.3 Å². The molecule has 1 aromatic carbocycles. The van der Waals surface area contributed by atoms with E-state index in [1.54, 1.807) is 37.3 Å². The van der Waals surface area contributed by atoms with E-state index in [1.165, 1.54) is 11.3 Å². The van der Waals surface area contributed by atoms with Crippen molar-refractivity contribution >= 4 is 60.5 Å². The third-order valence-electron chi connectivity index (χ3n) is 2.58. The van der Waals surface area contributed by atoms with Crippen molar-refractivity contribution in [3.8, 4) is 0 Å². The first-order valence-electron chi connectivity index (χ1n) is 5.56. The number of oxime groups is 1. The highest BCUT2D eigenvalue weighted by atomic mass is 79.9. The molecule has 0 aliphatic carbocycles. The Hall–Kier alpha value is -1.18. The molecule has 2 rings (SSSR count). The zero-order valence-electron chi connectivity index (χ0n) is 10.4. The Labute approximate surface area is 136 Å². The number of anilines is 1. The van der Waals surface area contributed by atoms with Gasteiger partial charge in [-0.2, -0.15) is 0 Å². The molecule has 1 aromatic heterocycles. The monoisotopic (exact) mass is 416 g/mol. The molecule has 0 aliphatic heterocycles. The lowest BCUT2D eigenvalue weighted by atomic mass is 10.1. The number of amides is 1. The largest absolute Gasteiger partial charge is 0.411 e. The summed E-state index contributed by atoms with van der Waals surface area (Å²) < 4.78 is 1.74. The molecule has 20 heavy (non-hydrogen) atoms. The van der Waals surface area contributed by atoms with Crippen LogP contribution in [0, 0.1) is 0 Å². The molecule has 2 N–H and O–H groups in total. The Balaban J connectivity index is 2.12. The predicted molar refractivity (Wildman–Crippen MR) is 88.1 cm³/mol. The Morgan fingerprint density at radius 3 is 2.45 bits per heavy atom. The number of carbonyl (C=O) groups excluding carboxylic acids is 1. The number of hydrogen-bond donors (Lipinski definition) is 2. The minimum atomic E-state index is -0.165. The van der Waals surface area contributed by atoms with Crippen LogP contribution in [-0.2, 0) is 0 Å². The summed E-state index contributed by atoms with van der Waals surface area (Å²) in [6, 6.07) is 8.86. The molecule has 0 spiro atoms. The molecule has 0 unspecified atom stereocenters. The van der Waals surface area contributed by atoms with E-state index in [-0.39, 0.29) is 5.91 Å². The van der Waals surface area contributed by atoms with E-state index >= 15 is 0 Å². The van der Waals surface area contributed by atoms with Crippen LogP contribution in [0.2, 0.25) is 0 Å². The molecule has 0 atom stereocenters. The molecule has 1 heterocycles. The lowest BCUT2D eigenvalue weighted by molar-refractivity contribution is 0.103. The first kappa shape index (κ1) is 15.2. The third-order valence-corrected chi connectivity index (χ3v) is 5.83. The first-order chi connectivity index (χ1) is 9.51. The van der Waals surface area contributed by atoms with Gasteiger partial charge in [-0.3, -0.25) is 4.79 Å². The van der Waals surface area contributed by atoms with Crippen LogP contribution in [0.4, 0.5) is 5.69 Å². The summed E-state index contributed by atoms with van der Waals surface area (Å²) in [5.74, 6) is -0.165. The fourth-order valence-electron chi connectivity index (χ4n) is 1.50. The van der Waals surface area contributed by atoms with Gasteiger partial charge < -0.3 is 10.5 Å². The van der Waals surface area contributed by atoms with Gasteiger partial charge in [-0.05, 0) is 62.5 Å². The second-order valence-corrected chi connectivity index (χ2v) is 7.17. The van der Waals surface area contributed by atoms with Gasteiger partial charge in [0, 0.05) is 10.2 Å². The Morgan fingerprint density at radius 1 is 1.30 bits per heavy atom. The minimum absolute atomic E-state index is 0.165. The standard InChI is InChI=1S/C13H10Br2N2O2S/c1-7(17-19)8-2-4-9(5-3-8)16-13(18)11-6-10(14)12(15)20-11/h2-6,19H,1H3,(H,16,18)/b17-7-. The molecule has 7 heteroatoms. The van der Waals surface area contributed by atoms with Gasteiger partial charge in [0.15, 0.2) is 0 Å². The van der Waals surface area contributed by atoms with Crippen molar-refractivity contribution < 1.29 is 10.0 Å². The van der Waals surface area contributed by atoms with E-state index in [2.05, 4.69) is 42.3 Å². The maximum atomic E-state index is 12.0. The normalized spacial score (nSPS) is 11.4. The van der Waals surface area contributed by atoms with Crippen molar-refractivity contribution in [1.29, 1.82) is 0 Å². The summed E-state index contributed by atoms with van der Waals surface area (Å²) in [5.41, 5.74) is 2.01. The molecular weight excluding hydrogens is 408 g/mol. The van der Waals surface area contributed by atoms with Crippen LogP contribution < -0.4 is 5.32 Å². The average Bonchev–Trinajstić information content (AvgIpc) is 2.79. The number of nitrogens with one attached hydrogen (secondary N) is 1. The smallest absolute Gasteiger partial charge is 0.265 e. The van der Waals surface area contributed by atoms with Crippen molar-refractivity contribution in [2.45, 2.75) is 6.92 Å². The van der Waals surface area contributed by atoms with E-state index in [4.69, 9.17) is 5.21 Å². The van der Waals surface area contributed by atoms with E-state index in [9.17, 15) is 4.79 Å². The highest BCUT2D eigenvalue weighted by molar-refractivity contribution is 9.13. The number of halogens is 2. The second-order valence-electron chi connectivity index (χ2n) is 3.95. The molecule has 0 radical (unpaired) electrons. The number of thiophene rings is 1. The van der Waals surface area contributed by atoms with E-state index in [0.29, 0.717) is 16.3 Å². The van der Waals surface area contributed by atoms with E-state index < -0.39 is 0 Å². The topological polar surface area (TPSA) is 61.7 Å². The van der Waals surface area contributed by atoms with Crippen molar-refractivity contribution in [3.05, 3.63) is 49.0 Å². The highest BCUT2D eigenvalue weighted by Gasteiger charge is 2.12. The Morgan fingerprint density at radius 2 is 1.95 bits per heavy atom. The zero-order valence-corrected chi connectivity index (χ0v) is 14.3. The van der Waals surface area contributed by atoms with Gasteiger partial charge in [0.05, 0.1) is 14.4 Å². The number of carbonyl (C=O) groups is 1. The quantitative estimate of drug-likeness (QED) is 0.431. The van der Waals surface area contributed by atoms with Crippen LogP contribution in [0.3, 0.4) is 0 Å². The van der Waals surface area contributed by atoms with Gasteiger partial charge in [-0.15, -0.1) is 11.3 Å². The molecule has 2 aromatic rings. The van der Waals surface area contributed by atoms with Crippen molar-refractivity contribution in [1.82, 2.24) is 0 Å². The van der Waals surface area contributed by atoms with E-state index in [1.807, 2.05) is 0 Å². The lowest BCUT2D eigenvalue weighted by Gasteiger charge is -2.04. The fraction of sp³-hybridized carbons (Fsp3) is 0.0769. The van der Waals surface area contributed by atoms with Gasteiger partial charge in [-0.25, -0.2) is 0 Å². The third kappa shape index (κ3) is 3.47. The zero-order chi connectivity index (χ0) is 14.7. The highest BCUT2D eigenvalue weighted by Crippen LogP contribution is 2.32. The molecule has 0 fully saturated rings. The van der Waals surface area contributed by atoms with Crippen LogP contribution in [-0.4, -0.2) is 16.8 Å². The number of nitrogens with zero attached hydrogens (tertiary/aromatic N) is 1. The van der Waals surface area contributed by atoms with Gasteiger partial charge >= 0.3 is 0 Å². The summed E-state index contributed by atoms with van der Waals surface area (Å²) in [5, 5.41) is 14.6. The SMILES string of the molecule is C/C(=N/O)c1ccc(NC(=O)c2cc(Br)c(Br)s2)cc1. The van der Waals surface area contributed by atoms with Crippen LogP contribution in [0.5, 0.6) is 0 Å². The van der Waals surface area contributed by atoms with Gasteiger partial charge in [0.1, 0.15) is 0 Å². The molecule has 0 saturated carbocycles. The maximum absolute atomic E-state index is 12.0. The second kappa shape index (κ2) is 6.51. The van der Waals surface area contributed by atoms with Crippen LogP contribution in [0.15, 0.2) is 43.7 Å². The molecular formula is C13H10Br2N2O2S. The van der Waals surface area contributed by atoms with Crippen LogP contribution >= 0.6 is 43.2 Å². The average molecular weight is 418 g/mol. The Kier molecular flexibility index (Phi) is 4.95. The summed E-state index contributed by atoms with van der Waals surface area (Å²) in [6.45, 7) is 1.70. The lowest BCUT2D eigenvalue weighted by Crippen LogP contribution is -2.10. The summed E-state index contributed by atoms with van der Waals surface area (Å²) in [7, 11) is 0. The Bertz CT molecular complexity index is 646. The molecule has 0 bridgehead atoms. The fourth-order valence-corrected chi connectivity index (χ4v) is 3.43. The minimum Gasteiger partial charge on any atom is -0.411 e. The van der Waals surface area contributed by atoms with Gasteiger partial charge in [0.2, 0.25) is 0 Å². The maximum Gasteiger partial charge on any atom is 0.265 e. The molecule has 0 aliphatic rings. The molecule has 4 nitrogen and oxygen atoms in total. The van der Waals surface area contributed by atoms with Crippen LogP contribution in [0.1, 0.15) is 22.2 Å². The molecule has 0 saturated heterocycles. The summed E-state index contributed by atoms with van der Waals surface area (Å²) in [4.78, 5) is 12.7. The predicted octanol–water partition coefficient (Wildman–Crippen LogP) is 4.72. The van der Waals surface area contributed by atoms with Gasteiger partial charge in [0.25, 0.3) is 5.91 Å². The molecule has 1 amide bonds. The molecule has 104 valence electrons. The number of hydrogen-bond acceptors (Lipinski definition) is 4. The summed E-state index contributed by atoms with van der Waals surface area (Å²) in [6.07, 6.45) is 0.